The third-order valence-electron chi connectivity index (χ3n) is 2.40. The Morgan fingerprint density at radius 1 is 1.40 bits per heavy atom. The number of nitrogens with one attached hydrogen (secondary N) is 2. The van der Waals surface area contributed by atoms with E-state index in [0.29, 0.717) is 16.5 Å². The van der Waals surface area contributed by atoms with E-state index in [1.54, 1.807) is 24.4 Å². The number of carbonyl (C=O) groups is 1. The molecule has 0 aliphatic rings. The van der Waals surface area contributed by atoms with Crippen LogP contribution in [0.4, 0.5) is 11.5 Å². The second kappa shape index (κ2) is 6.85. The molecular formula is C13H12ClIN4O. The second-order valence-corrected chi connectivity index (χ2v) is 5.50. The molecule has 0 unspecified atom stereocenters. The average molecular weight is 403 g/mol. The standard InChI is InChI=1S/C13H12ClIN4O/c1-2-17-12-7-16-6-11(18-12)13(20)19-10-4-3-8(14)5-9(10)15/h3-7H,2H2,1H3,(H,17,18)(H,19,20). The van der Waals surface area contributed by atoms with E-state index in [2.05, 4.69) is 43.2 Å². The third-order valence-corrected chi connectivity index (χ3v) is 3.53. The minimum atomic E-state index is -0.308. The van der Waals surface area contributed by atoms with Crippen molar-refractivity contribution >= 4 is 51.6 Å². The Balaban J connectivity index is 2.17. The fraction of sp³-hybridized carbons (Fsp3) is 0.154. The first-order valence-electron chi connectivity index (χ1n) is 5.92. The number of benzene rings is 1. The Hall–Kier alpha value is -1.41. The highest BCUT2D eigenvalue weighted by Gasteiger charge is 2.11. The van der Waals surface area contributed by atoms with Gasteiger partial charge < -0.3 is 10.6 Å². The van der Waals surface area contributed by atoms with Gasteiger partial charge >= 0.3 is 0 Å². The minimum Gasteiger partial charge on any atom is -0.369 e. The summed E-state index contributed by atoms with van der Waals surface area (Å²) in [5.74, 6) is 0.267. The predicted octanol–water partition coefficient (Wildman–Crippen LogP) is 3.42. The summed E-state index contributed by atoms with van der Waals surface area (Å²) in [6.45, 7) is 2.67. The van der Waals surface area contributed by atoms with Crippen molar-refractivity contribution in [2.45, 2.75) is 6.92 Å². The number of carbonyl (C=O) groups excluding carboxylic acids is 1. The van der Waals surface area contributed by atoms with Crippen molar-refractivity contribution in [1.82, 2.24) is 9.97 Å². The van der Waals surface area contributed by atoms with E-state index in [-0.39, 0.29) is 11.6 Å². The Labute approximate surface area is 135 Å². The van der Waals surface area contributed by atoms with Crippen molar-refractivity contribution < 1.29 is 4.79 Å². The molecule has 104 valence electrons. The third kappa shape index (κ3) is 3.80. The molecule has 1 aromatic carbocycles. The summed E-state index contributed by atoms with van der Waals surface area (Å²) in [6.07, 6.45) is 3.01. The lowest BCUT2D eigenvalue weighted by molar-refractivity contribution is 0.102. The van der Waals surface area contributed by atoms with Gasteiger partial charge in [0.25, 0.3) is 5.91 Å². The SMILES string of the molecule is CCNc1cncc(C(=O)Nc2ccc(Cl)cc2I)n1. The van der Waals surface area contributed by atoms with E-state index in [9.17, 15) is 4.79 Å². The summed E-state index contributed by atoms with van der Waals surface area (Å²) >= 11 is 7.99. The maximum atomic E-state index is 12.1. The van der Waals surface area contributed by atoms with Crippen LogP contribution in [0, 0.1) is 3.57 Å². The molecule has 0 spiro atoms. The van der Waals surface area contributed by atoms with Crippen molar-refractivity contribution in [3.63, 3.8) is 0 Å². The number of hydrogen-bond donors (Lipinski definition) is 2. The topological polar surface area (TPSA) is 66.9 Å². The van der Waals surface area contributed by atoms with Crippen LogP contribution in [0.5, 0.6) is 0 Å². The summed E-state index contributed by atoms with van der Waals surface area (Å²) in [4.78, 5) is 20.3. The zero-order valence-electron chi connectivity index (χ0n) is 10.7. The van der Waals surface area contributed by atoms with E-state index in [1.807, 2.05) is 6.92 Å². The Morgan fingerprint density at radius 2 is 2.20 bits per heavy atom. The molecule has 5 nitrogen and oxygen atoms in total. The van der Waals surface area contributed by atoms with Gasteiger partial charge in [-0.3, -0.25) is 9.78 Å². The summed E-state index contributed by atoms with van der Waals surface area (Å²) in [7, 11) is 0. The van der Waals surface area contributed by atoms with Gasteiger partial charge in [-0.1, -0.05) is 11.6 Å². The maximum absolute atomic E-state index is 12.1. The molecule has 2 rings (SSSR count). The van der Waals surface area contributed by atoms with Crippen LogP contribution in [0.15, 0.2) is 30.6 Å². The molecule has 0 radical (unpaired) electrons. The Kier molecular flexibility index (Phi) is 5.13. The largest absolute Gasteiger partial charge is 0.369 e. The summed E-state index contributed by atoms with van der Waals surface area (Å²) < 4.78 is 0.860. The number of amides is 1. The van der Waals surface area contributed by atoms with E-state index in [4.69, 9.17) is 11.6 Å². The van der Waals surface area contributed by atoms with Crippen LogP contribution in [-0.4, -0.2) is 22.4 Å². The van der Waals surface area contributed by atoms with Gasteiger partial charge in [0.05, 0.1) is 18.1 Å². The van der Waals surface area contributed by atoms with Gasteiger partial charge in [-0.15, -0.1) is 0 Å². The number of hydrogen-bond acceptors (Lipinski definition) is 4. The molecule has 1 amide bonds. The first kappa shape index (κ1) is 15.0. The zero-order chi connectivity index (χ0) is 14.5. The van der Waals surface area contributed by atoms with Gasteiger partial charge in [0.15, 0.2) is 0 Å². The van der Waals surface area contributed by atoms with Crippen molar-refractivity contribution in [2.24, 2.45) is 0 Å². The Morgan fingerprint density at radius 3 is 2.90 bits per heavy atom. The molecule has 0 saturated heterocycles. The summed E-state index contributed by atoms with van der Waals surface area (Å²) in [5.41, 5.74) is 0.949. The zero-order valence-corrected chi connectivity index (χ0v) is 13.6. The molecule has 0 saturated carbocycles. The molecule has 1 heterocycles. The van der Waals surface area contributed by atoms with Crippen molar-refractivity contribution in [1.29, 1.82) is 0 Å². The maximum Gasteiger partial charge on any atom is 0.275 e. The monoisotopic (exact) mass is 402 g/mol. The van der Waals surface area contributed by atoms with Crippen molar-refractivity contribution in [2.75, 3.05) is 17.2 Å². The van der Waals surface area contributed by atoms with E-state index >= 15 is 0 Å². The molecule has 20 heavy (non-hydrogen) atoms. The molecule has 0 atom stereocenters. The van der Waals surface area contributed by atoms with Gasteiger partial charge in [0.1, 0.15) is 11.5 Å². The predicted molar refractivity (Wildman–Crippen MR) is 88.3 cm³/mol. The van der Waals surface area contributed by atoms with Crippen LogP contribution in [0.25, 0.3) is 0 Å². The number of nitrogens with zero attached hydrogens (tertiary/aromatic N) is 2. The highest BCUT2D eigenvalue weighted by molar-refractivity contribution is 14.1. The van der Waals surface area contributed by atoms with Gasteiger partial charge in [0.2, 0.25) is 0 Å². The second-order valence-electron chi connectivity index (χ2n) is 3.90. The molecule has 2 N–H and O–H groups in total. The highest BCUT2D eigenvalue weighted by atomic mass is 127. The summed E-state index contributed by atoms with van der Waals surface area (Å²) in [6, 6.07) is 5.25. The van der Waals surface area contributed by atoms with Gasteiger partial charge in [-0.05, 0) is 47.7 Å². The van der Waals surface area contributed by atoms with Gasteiger partial charge in [-0.25, -0.2) is 4.98 Å². The number of halogens is 2. The Bertz CT molecular complexity index is 636. The molecule has 0 aliphatic heterocycles. The van der Waals surface area contributed by atoms with Crippen LogP contribution >= 0.6 is 34.2 Å². The van der Waals surface area contributed by atoms with Crippen LogP contribution in [0.2, 0.25) is 5.02 Å². The van der Waals surface area contributed by atoms with Crippen LogP contribution in [0.1, 0.15) is 17.4 Å². The first-order valence-corrected chi connectivity index (χ1v) is 7.38. The van der Waals surface area contributed by atoms with E-state index < -0.39 is 0 Å². The molecule has 1 aromatic heterocycles. The van der Waals surface area contributed by atoms with Crippen molar-refractivity contribution in [3.8, 4) is 0 Å². The fourth-order valence-corrected chi connectivity index (χ4v) is 2.53. The van der Waals surface area contributed by atoms with Crippen LogP contribution in [-0.2, 0) is 0 Å². The minimum absolute atomic E-state index is 0.259. The lowest BCUT2D eigenvalue weighted by atomic mass is 10.3. The fourth-order valence-electron chi connectivity index (χ4n) is 1.52. The number of aromatic nitrogens is 2. The molecule has 0 bridgehead atoms. The molecule has 0 aliphatic carbocycles. The number of anilines is 2. The highest BCUT2D eigenvalue weighted by Crippen LogP contribution is 2.22. The smallest absolute Gasteiger partial charge is 0.275 e. The number of rotatable bonds is 4. The summed E-state index contributed by atoms with van der Waals surface area (Å²) in [5, 5.41) is 6.43. The van der Waals surface area contributed by atoms with E-state index in [1.165, 1.54) is 6.20 Å². The van der Waals surface area contributed by atoms with Crippen molar-refractivity contribution in [3.05, 3.63) is 44.9 Å². The van der Waals surface area contributed by atoms with Gasteiger partial charge in [0, 0.05) is 15.1 Å². The lowest BCUT2D eigenvalue weighted by Gasteiger charge is -2.08. The molecular weight excluding hydrogens is 391 g/mol. The quantitative estimate of drug-likeness (QED) is 0.769. The van der Waals surface area contributed by atoms with Crippen LogP contribution in [0.3, 0.4) is 0 Å². The van der Waals surface area contributed by atoms with E-state index in [0.717, 1.165) is 10.1 Å². The molecule has 7 heteroatoms. The van der Waals surface area contributed by atoms with Gasteiger partial charge in [-0.2, -0.15) is 0 Å². The average Bonchev–Trinajstić information content (AvgIpc) is 2.42. The van der Waals surface area contributed by atoms with Crippen LogP contribution < -0.4 is 10.6 Å². The normalized spacial score (nSPS) is 10.2. The lowest BCUT2D eigenvalue weighted by Crippen LogP contribution is -2.15. The first-order chi connectivity index (χ1) is 9.60. The molecule has 0 fully saturated rings. The molecule has 2 aromatic rings.